The summed E-state index contributed by atoms with van der Waals surface area (Å²) in [6.07, 6.45) is -0.154. The molecule has 4 rings (SSSR count). The van der Waals surface area contributed by atoms with E-state index in [2.05, 4.69) is 49.5 Å². The number of β-amino-alcohol motifs (C(OH)–C–C–N with tert-alkyl or cyclic N) is 1. The third-order valence-electron chi connectivity index (χ3n) is 6.75. The van der Waals surface area contributed by atoms with Crippen molar-refractivity contribution in [2.24, 2.45) is 0 Å². The van der Waals surface area contributed by atoms with E-state index in [4.69, 9.17) is 0 Å². The Bertz CT molecular complexity index is 1570. The van der Waals surface area contributed by atoms with Crippen molar-refractivity contribution in [3.8, 4) is 11.1 Å². The number of carbonyl (C=O) groups is 1. The Morgan fingerprint density at radius 2 is 1.59 bits per heavy atom. The van der Waals surface area contributed by atoms with Crippen LogP contribution in [0.3, 0.4) is 0 Å². The average Bonchev–Trinajstić information content (AvgIpc) is 2.92. The molecule has 0 aliphatic heterocycles. The number of rotatable bonds is 11. The smallest absolute Gasteiger partial charge is 0.335 e. The molecule has 0 aliphatic rings. The highest BCUT2D eigenvalue weighted by molar-refractivity contribution is 7.89. The van der Waals surface area contributed by atoms with E-state index in [1.165, 1.54) is 41.6 Å². The molecule has 0 heterocycles. The van der Waals surface area contributed by atoms with Gasteiger partial charge < -0.3 is 15.5 Å². The second-order valence-electron chi connectivity index (χ2n) is 10.5. The number of hydrogen-bond donors (Lipinski definition) is 3. The quantitative estimate of drug-likeness (QED) is 0.250. The number of benzene rings is 4. The molecular weight excluding hydrogens is 512 g/mol. The lowest BCUT2D eigenvalue weighted by Gasteiger charge is -2.29. The highest BCUT2D eigenvalue weighted by atomic mass is 32.2. The summed E-state index contributed by atoms with van der Waals surface area (Å²) < 4.78 is 27.4. The molecule has 7 nitrogen and oxygen atoms in total. The molecule has 0 saturated carbocycles. The van der Waals surface area contributed by atoms with Gasteiger partial charge >= 0.3 is 5.97 Å². The minimum absolute atomic E-state index is 0.0657. The van der Waals surface area contributed by atoms with E-state index in [0.29, 0.717) is 11.1 Å². The molecule has 4 aromatic carbocycles. The first-order chi connectivity index (χ1) is 18.4. The van der Waals surface area contributed by atoms with Crippen molar-refractivity contribution in [1.82, 2.24) is 9.62 Å². The second kappa shape index (κ2) is 11.7. The first-order valence-electron chi connectivity index (χ1n) is 12.8. The Morgan fingerprint density at radius 3 is 2.28 bits per heavy atom. The topological polar surface area (TPSA) is 107 Å². The van der Waals surface area contributed by atoms with Crippen molar-refractivity contribution in [2.45, 2.75) is 36.8 Å². The van der Waals surface area contributed by atoms with E-state index in [1.54, 1.807) is 30.3 Å². The lowest BCUT2D eigenvalue weighted by Crippen LogP contribution is -2.47. The number of hydrogen-bond acceptors (Lipinski definition) is 5. The number of carboxylic acid groups (broad SMARTS) is 1. The van der Waals surface area contributed by atoms with Crippen LogP contribution in [0.25, 0.3) is 21.9 Å². The third-order valence-corrected chi connectivity index (χ3v) is 8.59. The maximum Gasteiger partial charge on any atom is 0.335 e. The van der Waals surface area contributed by atoms with Gasteiger partial charge in [-0.3, -0.25) is 0 Å². The van der Waals surface area contributed by atoms with Gasteiger partial charge in [0.1, 0.15) is 0 Å². The molecular formula is C31H34N2O5S. The number of sulfonamides is 1. The van der Waals surface area contributed by atoms with Crippen LogP contribution in [-0.2, 0) is 16.4 Å². The van der Waals surface area contributed by atoms with Crippen molar-refractivity contribution in [2.75, 3.05) is 20.1 Å². The van der Waals surface area contributed by atoms with E-state index in [-0.39, 0.29) is 29.1 Å². The molecule has 4 aromatic rings. The van der Waals surface area contributed by atoms with E-state index < -0.39 is 22.1 Å². The Morgan fingerprint density at radius 1 is 0.897 bits per heavy atom. The minimum atomic E-state index is -3.83. The summed E-state index contributed by atoms with van der Waals surface area (Å²) in [6.45, 7) is 4.29. The van der Waals surface area contributed by atoms with Gasteiger partial charge in [-0.15, -0.1) is 0 Å². The molecule has 8 heteroatoms. The molecule has 0 radical (unpaired) electrons. The summed E-state index contributed by atoms with van der Waals surface area (Å²) in [5.41, 5.74) is 2.41. The largest absolute Gasteiger partial charge is 0.478 e. The molecule has 0 bridgehead atoms. The van der Waals surface area contributed by atoms with Gasteiger partial charge in [-0.25, -0.2) is 13.2 Å². The van der Waals surface area contributed by atoms with Crippen LogP contribution in [0.5, 0.6) is 0 Å². The van der Waals surface area contributed by atoms with Gasteiger partial charge in [0.05, 0.1) is 16.6 Å². The first kappa shape index (κ1) is 28.4. The molecule has 0 fully saturated rings. The Balaban J connectivity index is 1.35. The van der Waals surface area contributed by atoms with Crippen molar-refractivity contribution in [3.05, 3.63) is 102 Å². The molecule has 1 atom stereocenters. The lowest BCUT2D eigenvalue weighted by atomic mass is 9.93. The molecule has 0 unspecified atom stereocenters. The van der Waals surface area contributed by atoms with Crippen LogP contribution < -0.4 is 5.32 Å². The number of likely N-dealkylation sites (N-methyl/N-ethyl adjacent to an activating group) is 1. The minimum Gasteiger partial charge on any atom is -0.478 e. The SMILES string of the molecule is CN(C[C@H](O)CNC(C)(C)Cc1ccc2ccccc2c1)S(=O)(=O)c1ccc(-c2cccc(C(=O)O)c2)cc1. The molecule has 0 saturated heterocycles. The van der Waals surface area contributed by atoms with Crippen molar-refractivity contribution in [3.63, 3.8) is 0 Å². The fourth-order valence-electron chi connectivity index (χ4n) is 4.61. The van der Waals surface area contributed by atoms with E-state index in [1.807, 2.05) is 12.1 Å². The highest BCUT2D eigenvalue weighted by Crippen LogP contribution is 2.24. The second-order valence-corrected chi connectivity index (χ2v) is 12.5. The van der Waals surface area contributed by atoms with Crippen molar-refractivity contribution in [1.29, 1.82) is 0 Å². The van der Waals surface area contributed by atoms with Crippen LogP contribution in [0.15, 0.2) is 95.9 Å². The van der Waals surface area contributed by atoms with Crippen LogP contribution in [-0.4, -0.2) is 60.7 Å². The molecule has 0 aromatic heterocycles. The number of aliphatic hydroxyl groups excluding tert-OH is 1. The number of aliphatic hydroxyl groups is 1. The Kier molecular flexibility index (Phi) is 8.51. The van der Waals surface area contributed by atoms with Gasteiger partial charge in [-0.2, -0.15) is 4.31 Å². The number of nitrogens with zero attached hydrogens (tertiary/aromatic N) is 1. The highest BCUT2D eigenvalue weighted by Gasteiger charge is 2.25. The summed E-state index contributed by atoms with van der Waals surface area (Å²) in [4.78, 5) is 11.3. The van der Waals surface area contributed by atoms with E-state index in [9.17, 15) is 23.4 Å². The summed E-state index contributed by atoms with van der Waals surface area (Å²) in [7, 11) is -2.38. The zero-order valence-electron chi connectivity index (χ0n) is 22.3. The van der Waals surface area contributed by atoms with Crippen LogP contribution in [0, 0.1) is 0 Å². The molecule has 0 spiro atoms. The van der Waals surface area contributed by atoms with Crippen LogP contribution in [0.4, 0.5) is 0 Å². The van der Waals surface area contributed by atoms with Gasteiger partial charge in [-0.05, 0) is 72.0 Å². The maximum absolute atomic E-state index is 13.1. The average molecular weight is 547 g/mol. The summed E-state index contributed by atoms with van der Waals surface area (Å²) in [5, 5.41) is 25.6. The maximum atomic E-state index is 13.1. The predicted octanol–water partition coefficient (Wildman–Crippen LogP) is 4.80. The monoisotopic (exact) mass is 546 g/mol. The normalized spacial score (nSPS) is 13.1. The van der Waals surface area contributed by atoms with Crippen LogP contribution in [0.2, 0.25) is 0 Å². The summed E-state index contributed by atoms with van der Waals surface area (Å²) in [6, 6.07) is 27.3. The van der Waals surface area contributed by atoms with Gasteiger partial charge in [0, 0.05) is 25.7 Å². The zero-order chi connectivity index (χ0) is 28.2. The first-order valence-corrected chi connectivity index (χ1v) is 14.2. The molecule has 0 aliphatic carbocycles. The van der Waals surface area contributed by atoms with E-state index in [0.717, 1.165) is 10.7 Å². The number of carboxylic acids is 1. The third kappa shape index (κ3) is 7.10. The fourth-order valence-corrected chi connectivity index (χ4v) is 5.81. The van der Waals surface area contributed by atoms with Crippen LogP contribution >= 0.6 is 0 Å². The van der Waals surface area contributed by atoms with Gasteiger partial charge in [0.15, 0.2) is 0 Å². The van der Waals surface area contributed by atoms with Crippen molar-refractivity contribution < 1.29 is 23.4 Å². The van der Waals surface area contributed by atoms with E-state index >= 15 is 0 Å². The number of aromatic carboxylic acids is 1. The predicted molar refractivity (Wildman–Crippen MR) is 154 cm³/mol. The summed E-state index contributed by atoms with van der Waals surface area (Å²) >= 11 is 0. The fraction of sp³-hybridized carbons (Fsp3) is 0.258. The molecule has 3 N–H and O–H groups in total. The van der Waals surface area contributed by atoms with Gasteiger partial charge in [-0.1, -0.05) is 66.7 Å². The van der Waals surface area contributed by atoms with Crippen molar-refractivity contribution >= 4 is 26.8 Å². The lowest BCUT2D eigenvalue weighted by molar-refractivity contribution is 0.0697. The van der Waals surface area contributed by atoms with Gasteiger partial charge in [0.2, 0.25) is 10.0 Å². The Hall–Kier alpha value is -3.56. The van der Waals surface area contributed by atoms with Gasteiger partial charge in [0.25, 0.3) is 0 Å². The standard InChI is InChI=1S/C31H34N2O5S/c1-31(2,19-22-11-12-23-7-4-5-8-25(23)17-22)32-20-28(34)21-33(3)39(37,38)29-15-13-24(14-16-29)26-9-6-10-27(18-26)30(35)36/h4-18,28,32,34H,19-21H2,1-3H3,(H,35,36)/t28-/m1/s1. The number of nitrogens with one attached hydrogen (secondary N) is 1. The molecule has 39 heavy (non-hydrogen) atoms. The summed E-state index contributed by atoms with van der Waals surface area (Å²) in [5.74, 6) is -1.03. The molecule has 0 amide bonds. The number of fused-ring (bicyclic) bond motifs is 1. The Labute approximate surface area is 229 Å². The van der Waals surface area contributed by atoms with Crippen LogP contribution in [0.1, 0.15) is 29.8 Å². The molecule has 204 valence electrons. The zero-order valence-corrected chi connectivity index (χ0v) is 23.2.